The van der Waals surface area contributed by atoms with Crippen LogP contribution in [-0.2, 0) is 14.3 Å². The van der Waals surface area contributed by atoms with Gasteiger partial charge in [0, 0.05) is 12.8 Å². The SMILES string of the molecule is CCCCCOC(=O)CCCCCCCCC(=O)Oc1ccc(OC)cc1. The summed E-state index contributed by atoms with van der Waals surface area (Å²) >= 11 is 0. The Kier molecular flexibility index (Phi) is 12.8. The zero-order valence-electron chi connectivity index (χ0n) is 16.8. The third-order valence-electron chi connectivity index (χ3n) is 4.31. The van der Waals surface area contributed by atoms with Gasteiger partial charge in [0.15, 0.2) is 0 Å². The predicted octanol–water partition coefficient (Wildman–Crippen LogP) is 5.45. The lowest BCUT2D eigenvalue weighted by Crippen LogP contribution is -2.07. The number of unbranched alkanes of at least 4 members (excludes halogenated alkanes) is 7. The second-order valence-corrected chi connectivity index (χ2v) is 6.70. The van der Waals surface area contributed by atoms with Gasteiger partial charge in [-0.25, -0.2) is 0 Å². The van der Waals surface area contributed by atoms with Gasteiger partial charge in [-0.15, -0.1) is 0 Å². The van der Waals surface area contributed by atoms with Gasteiger partial charge in [-0.3, -0.25) is 9.59 Å². The Morgan fingerprint density at radius 3 is 1.89 bits per heavy atom. The van der Waals surface area contributed by atoms with E-state index >= 15 is 0 Å². The van der Waals surface area contributed by atoms with Gasteiger partial charge < -0.3 is 14.2 Å². The van der Waals surface area contributed by atoms with Crippen molar-refractivity contribution < 1.29 is 23.8 Å². The van der Waals surface area contributed by atoms with Crippen LogP contribution < -0.4 is 9.47 Å². The van der Waals surface area contributed by atoms with Crippen molar-refractivity contribution in [3.05, 3.63) is 24.3 Å². The van der Waals surface area contributed by atoms with Crippen molar-refractivity contribution in [3.63, 3.8) is 0 Å². The summed E-state index contributed by atoms with van der Waals surface area (Å²) in [5.41, 5.74) is 0. The van der Waals surface area contributed by atoms with E-state index in [4.69, 9.17) is 14.2 Å². The molecule has 0 aliphatic carbocycles. The highest BCUT2D eigenvalue weighted by Crippen LogP contribution is 2.18. The van der Waals surface area contributed by atoms with Crippen molar-refractivity contribution in [3.8, 4) is 11.5 Å². The molecule has 152 valence electrons. The van der Waals surface area contributed by atoms with Gasteiger partial charge in [0.05, 0.1) is 13.7 Å². The highest BCUT2D eigenvalue weighted by atomic mass is 16.5. The Labute approximate surface area is 163 Å². The average Bonchev–Trinajstić information content (AvgIpc) is 2.68. The fourth-order valence-electron chi connectivity index (χ4n) is 2.68. The quantitative estimate of drug-likeness (QED) is 0.230. The molecule has 1 aromatic rings. The zero-order chi connectivity index (χ0) is 19.7. The summed E-state index contributed by atoms with van der Waals surface area (Å²) in [6.45, 7) is 2.69. The van der Waals surface area contributed by atoms with Crippen LogP contribution in [0.2, 0.25) is 0 Å². The Morgan fingerprint density at radius 2 is 1.30 bits per heavy atom. The second-order valence-electron chi connectivity index (χ2n) is 6.70. The number of hydrogen-bond acceptors (Lipinski definition) is 5. The first kappa shape index (κ1) is 23.0. The van der Waals surface area contributed by atoms with Crippen LogP contribution in [0.15, 0.2) is 24.3 Å². The first-order valence-electron chi connectivity index (χ1n) is 10.2. The highest BCUT2D eigenvalue weighted by molar-refractivity contribution is 5.72. The summed E-state index contributed by atoms with van der Waals surface area (Å²) in [7, 11) is 1.60. The molecule has 0 spiro atoms. The van der Waals surface area contributed by atoms with Crippen LogP contribution in [0.4, 0.5) is 0 Å². The summed E-state index contributed by atoms with van der Waals surface area (Å²) in [6, 6.07) is 6.99. The monoisotopic (exact) mass is 378 g/mol. The molecule has 0 amide bonds. The van der Waals surface area contributed by atoms with Gasteiger partial charge in [-0.2, -0.15) is 0 Å². The molecule has 5 heteroatoms. The van der Waals surface area contributed by atoms with Crippen molar-refractivity contribution in [2.24, 2.45) is 0 Å². The van der Waals surface area contributed by atoms with Crippen LogP contribution >= 0.6 is 0 Å². The summed E-state index contributed by atoms with van der Waals surface area (Å²) in [5, 5.41) is 0. The molecule has 5 nitrogen and oxygen atoms in total. The summed E-state index contributed by atoms with van der Waals surface area (Å²) in [4.78, 5) is 23.3. The Balaban J connectivity index is 1.94. The fraction of sp³-hybridized carbons (Fsp3) is 0.636. The van der Waals surface area contributed by atoms with Crippen LogP contribution in [0.25, 0.3) is 0 Å². The molecule has 1 aromatic carbocycles. The standard InChI is InChI=1S/C22H34O5/c1-3-4-11-18-26-21(23)12-9-7-5-6-8-10-13-22(24)27-20-16-14-19(25-2)15-17-20/h14-17H,3-13,18H2,1-2H3. The molecule has 0 unspecified atom stereocenters. The van der Waals surface area contributed by atoms with E-state index in [1.165, 1.54) is 0 Å². The molecule has 0 radical (unpaired) electrons. The number of benzene rings is 1. The number of rotatable bonds is 15. The van der Waals surface area contributed by atoms with Gasteiger partial charge in [0.25, 0.3) is 0 Å². The summed E-state index contributed by atoms with van der Waals surface area (Å²) < 4.78 is 15.5. The number of carbonyl (C=O) groups excluding carboxylic acids is 2. The molecule has 0 N–H and O–H groups in total. The minimum atomic E-state index is -0.203. The van der Waals surface area contributed by atoms with Crippen molar-refractivity contribution >= 4 is 11.9 Å². The maximum atomic E-state index is 11.8. The van der Waals surface area contributed by atoms with E-state index < -0.39 is 0 Å². The Hall–Kier alpha value is -2.04. The molecule has 0 bridgehead atoms. The Morgan fingerprint density at radius 1 is 0.741 bits per heavy atom. The van der Waals surface area contributed by atoms with Crippen LogP contribution in [0.3, 0.4) is 0 Å². The average molecular weight is 379 g/mol. The molecule has 0 saturated carbocycles. The maximum Gasteiger partial charge on any atom is 0.311 e. The normalized spacial score (nSPS) is 10.4. The van der Waals surface area contributed by atoms with E-state index in [2.05, 4.69) is 6.92 Å². The lowest BCUT2D eigenvalue weighted by atomic mass is 10.1. The van der Waals surface area contributed by atoms with Crippen LogP contribution in [0.1, 0.15) is 77.6 Å². The van der Waals surface area contributed by atoms with Crippen molar-refractivity contribution in [1.82, 2.24) is 0 Å². The van der Waals surface area contributed by atoms with Gasteiger partial charge in [-0.1, -0.05) is 45.4 Å². The molecular formula is C22H34O5. The lowest BCUT2D eigenvalue weighted by molar-refractivity contribution is -0.144. The zero-order valence-corrected chi connectivity index (χ0v) is 16.8. The van der Waals surface area contributed by atoms with E-state index in [0.717, 1.165) is 63.5 Å². The van der Waals surface area contributed by atoms with Crippen LogP contribution in [0.5, 0.6) is 11.5 Å². The van der Waals surface area contributed by atoms with E-state index in [0.29, 0.717) is 25.2 Å². The third-order valence-corrected chi connectivity index (χ3v) is 4.31. The van der Waals surface area contributed by atoms with E-state index in [1.807, 2.05) is 0 Å². The third kappa shape index (κ3) is 12.1. The molecule has 27 heavy (non-hydrogen) atoms. The Bertz CT molecular complexity index is 524. The molecule has 0 aromatic heterocycles. The molecule has 0 atom stereocenters. The highest BCUT2D eigenvalue weighted by Gasteiger charge is 2.05. The maximum absolute atomic E-state index is 11.8. The molecule has 1 rings (SSSR count). The van der Waals surface area contributed by atoms with Gasteiger partial charge in [-0.05, 0) is 43.5 Å². The van der Waals surface area contributed by atoms with E-state index in [9.17, 15) is 9.59 Å². The number of esters is 2. The van der Waals surface area contributed by atoms with Gasteiger partial charge in [0.1, 0.15) is 11.5 Å². The molecule has 0 fully saturated rings. The molecule has 0 heterocycles. The van der Waals surface area contributed by atoms with Crippen molar-refractivity contribution in [1.29, 1.82) is 0 Å². The van der Waals surface area contributed by atoms with E-state index in [-0.39, 0.29) is 11.9 Å². The minimum absolute atomic E-state index is 0.0765. The van der Waals surface area contributed by atoms with Gasteiger partial charge in [0.2, 0.25) is 0 Å². The topological polar surface area (TPSA) is 61.8 Å². The minimum Gasteiger partial charge on any atom is -0.497 e. The van der Waals surface area contributed by atoms with Crippen molar-refractivity contribution in [2.75, 3.05) is 13.7 Å². The number of carbonyl (C=O) groups is 2. The number of hydrogen-bond donors (Lipinski definition) is 0. The lowest BCUT2D eigenvalue weighted by Gasteiger charge is -2.06. The smallest absolute Gasteiger partial charge is 0.311 e. The van der Waals surface area contributed by atoms with Crippen LogP contribution in [0, 0.1) is 0 Å². The number of methoxy groups -OCH3 is 1. The fourth-order valence-corrected chi connectivity index (χ4v) is 2.68. The molecule has 0 aliphatic heterocycles. The predicted molar refractivity (Wildman–Crippen MR) is 106 cm³/mol. The first-order chi connectivity index (χ1) is 13.2. The summed E-state index contributed by atoms with van der Waals surface area (Å²) in [5.74, 6) is 1.00. The van der Waals surface area contributed by atoms with Crippen LogP contribution in [-0.4, -0.2) is 25.7 Å². The van der Waals surface area contributed by atoms with E-state index in [1.54, 1.807) is 31.4 Å². The first-order valence-corrected chi connectivity index (χ1v) is 10.2. The number of ether oxygens (including phenoxy) is 3. The molecule has 0 aliphatic rings. The molecular weight excluding hydrogens is 344 g/mol. The largest absolute Gasteiger partial charge is 0.497 e. The van der Waals surface area contributed by atoms with Gasteiger partial charge >= 0.3 is 11.9 Å². The summed E-state index contributed by atoms with van der Waals surface area (Å²) in [6.07, 6.45) is 10.0. The second kappa shape index (κ2) is 15.1. The molecule has 0 saturated heterocycles. The van der Waals surface area contributed by atoms with Crippen molar-refractivity contribution in [2.45, 2.75) is 77.6 Å².